The van der Waals surface area contributed by atoms with Crippen LogP contribution in [0.2, 0.25) is 0 Å². The fourth-order valence-corrected chi connectivity index (χ4v) is 4.23. The molecular formula is C17H20ClN5O4S. The van der Waals surface area contributed by atoms with Gasteiger partial charge in [0.25, 0.3) is 5.89 Å². The molecule has 1 saturated heterocycles. The zero-order valence-corrected chi connectivity index (χ0v) is 16.5. The maximum absolute atomic E-state index is 12.7. The topological polar surface area (TPSA) is 127 Å². The van der Waals surface area contributed by atoms with Crippen molar-refractivity contribution < 1.29 is 17.7 Å². The Morgan fingerprint density at radius 1 is 1.18 bits per heavy atom. The summed E-state index contributed by atoms with van der Waals surface area (Å²) in [6, 6.07) is 9.01. The SMILES string of the molecule is Cl.NCc1ccc(-c2noc(-c3cc(S(=O)(=O)N4CCOCC4)c[nH]3)n2)cc1. The number of aromatic nitrogens is 3. The number of benzene rings is 1. The van der Waals surface area contributed by atoms with Crippen LogP contribution < -0.4 is 5.73 Å². The molecule has 2 aromatic heterocycles. The lowest BCUT2D eigenvalue weighted by atomic mass is 10.1. The lowest BCUT2D eigenvalue weighted by Gasteiger charge is -2.25. The van der Waals surface area contributed by atoms with Crippen molar-refractivity contribution in [2.24, 2.45) is 5.73 Å². The largest absolute Gasteiger partial charge is 0.379 e. The van der Waals surface area contributed by atoms with Crippen molar-refractivity contribution in [2.75, 3.05) is 26.3 Å². The third-order valence-corrected chi connectivity index (χ3v) is 6.25. The monoisotopic (exact) mass is 425 g/mol. The first-order chi connectivity index (χ1) is 13.1. The molecule has 28 heavy (non-hydrogen) atoms. The first kappa shape index (κ1) is 20.5. The lowest BCUT2D eigenvalue weighted by Crippen LogP contribution is -2.40. The zero-order chi connectivity index (χ0) is 18.9. The minimum atomic E-state index is -3.58. The lowest BCUT2D eigenvalue weighted by molar-refractivity contribution is 0.0730. The summed E-state index contributed by atoms with van der Waals surface area (Å²) in [7, 11) is -3.58. The summed E-state index contributed by atoms with van der Waals surface area (Å²) in [6.45, 7) is 1.93. The van der Waals surface area contributed by atoms with Gasteiger partial charge in [0.1, 0.15) is 10.6 Å². The van der Waals surface area contributed by atoms with Crippen molar-refractivity contribution in [1.29, 1.82) is 0 Å². The molecule has 3 heterocycles. The predicted molar refractivity (Wildman–Crippen MR) is 104 cm³/mol. The molecule has 0 amide bonds. The number of hydrogen-bond donors (Lipinski definition) is 2. The Bertz CT molecular complexity index is 1030. The van der Waals surface area contributed by atoms with E-state index in [0.717, 1.165) is 11.1 Å². The van der Waals surface area contributed by atoms with Crippen molar-refractivity contribution in [2.45, 2.75) is 11.4 Å². The molecule has 1 aromatic carbocycles. The number of nitrogens with one attached hydrogen (secondary N) is 1. The van der Waals surface area contributed by atoms with Gasteiger partial charge in [-0.1, -0.05) is 29.4 Å². The molecule has 1 aliphatic heterocycles. The molecule has 0 radical (unpaired) electrons. The summed E-state index contributed by atoms with van der Waals surface area (Å²) in [6.07, 6.45) is 1.43. The second kappa shape index (κ2) is 8.41. The number of morpholine rings is 1. The second-order valence-electron chi connectivity index (χ2n) is 6.09. The molecular weight excluding hydrogens is 406 g/mol. The van der Waals surface area contributed by atoms with Gasteiger partial charge in [-0.2, -0.15) is 9.29 Å². The molecule has 0 saturated carbocycles. The van der Waals surface area contributed by atoms with Gasteiger partial charge in [-0.3, -0.25) is 0 Å². The molecule has 1 aliphatic rings. The molecule has 0 atom stereocenters. The van der Waals surface area contributed by atoms with Crippen LogP contribution in [0.5, 0.6) is 0 Å². The number of nitrogens with two attached hydrogens (primary N) is 1. The highest BCUT2D eigenvalue weighted by atomic mass is 35.5. The molecule has 11 heteroatoms. The predicted octanol–water partition coefficient (Wildman–Crippen LogP) is 1.63. The van der Waals surface area contributed by atoms with Crippen LogP contribution in [0.25, 0.3) is 23.0 Å². The summed E-state index contributed by atoms with van der Waals surface area (Å²) >= 11 is 0. The summed E-state index contributed by atoms with van der Waals surface area (Å²) in [5, 5.41) is 3.97. The second-order valence-corrected chi connectivity index (χ2v) is 8.03. The number of sulfonamides is 1. The van der Waals surface area contributed by atoms with Crippen LogP contribution in [0.15, 0.2) is 45.9 Å². The van der Waals surface area contributed by atoms with Gasteiger partial charge in [0.15, 0.2) is 0 Å². The van der Waals surface area contributed by atoms with Crippen LogP contribution in [0.3, 0.4) is 0 Å². The highest BCUT2D eigenvalue weighted by Crippen LogP contribution is 2.25. The van der Waals surface area contributed by atoms with Gasteiger partial charge >= 0.3 is 0 Å². The number of ether oxygens (including phenoxy) is 1. The van der Waals surface area contributed by atoms with Gasteiger partial charge in [0.2, 0.25) is 15.8 Å². The highest BCUT2D eigenvalue weighted by Gasteiger charge is 2.28. The van der Waals surface area contributed by atoms with E-state index in [1.165, 1.54) is 16.6 Å². The maximum atomic E-state index is 12.7. The third kappa shape index (κ3) is 3.96. The average Bonchev–Trinajstić information content (AvgIpc) is 3.38. The molecule has 9 nitrogen and oxygen atoms in total. The molecule has 0 bridgehead atoms. The Hall–Kier alpha value is -2.24. The van der Waals surface area contributed by atoms with Crippen LogP contribution in [0.4, 0.5) is 0 Å². The van der Waals surface area contributed by atoms with Crippen molar-refractivity contribution in [3.8, 4) is 23.0 Å². The summed E-state index contributed by atoms with van der Waals surface area (Å²) in [4.78, 5) is 7.40. The van der Waals surface area contributed by atoms with Gasteiger partial charge < -0.3 is 20.0 Å². The van der Waals surface area contributed by atoms with E-state index in [1.54, 1.807) is 0 Å². The third-order valence-electron chi connectivity index (χ3n) is 4.37. The van der Waals surface area contributed by atoms with Crippen LogP contribution in [0, 0.1) is 0 Å². The van der Waals surface area contributed by atoms with Gasteiger partial charge in [-0.25, -0.2) is 8.42 Å². The van der Waals surface area contributed by atoms with Gasteiger partial charge in [0.05, 0.1) is 13.2 Å². The van der Waals surface area contributed by atoms with Gasteiger partial charge in [0, 0.05) is 31.4 Å². The van der Waals surface area contributed by atoms with E-state index in [2.05, 4.69) is 15.1 Å². The Labute approximate surface area is 168 Å². The van der Waals surface area contributed by atoms with Crippen molar-refractivity contribution >= 4 is 22.4 Å². The van der Waals surface area contributed by atoms with E-state index in [4.69, 9.17) is 15.0 Å². The fraction of sp³-hybridized carbons (Fsp3) is 0.294. The van der Waals surface area contributed by atoms with Crippen LogP contribution in [0.1, 0.15) is 5.56 Å². The van der Waals surface area contributed by atoms with E-state index in [-0.39, 0.29) is 23.2 Å². The Morgan fingerprint density at radius 3 is 2.57 bits per heavy atom. The maximum Gasteiger partial charge on any atom is 0.274 e. The molecule has 0 spiro atoms. The molecule has 4 rings (SSSR count). The van der Waals surface area contributed by atoms with E-state index < -0.39 is 10.0 Å². The number of hydrogen-bond acceptors (Lipinski definition) is 7. The van der Waals surface area contributed by atoms with Gasteiger partial charge in [-0.15, -0.1) is 12.4 Å². The highest BCUT2D eigenvalue weighted by molar-refractivity contribution is 7.89. The molecule has 0 unspecified atom stereocenters. The Balaban J connectivity index is 0.00000225. The average molecular weight is 426 g/mol. The van der Waals surface area contributed by atoms with E-state index >= 15 is 0 Å². The number of rotatable bonds is 5. The summed E-state index contributed by atoms with van der Waals surface area (Å²) in [5.74, 6) is 0.636. The van der Waals surface area contributed by atoms with Gasteiger partial charge in [-0.05, 0) is 11.6 Å². The molecule has 150 valence electrons. The fourth-order valence-electron chi connectivity index (χ4n) is 2.82. The molecule has 0 aliphatic carbocycles. The number of halogens is 1. The quantitative estimate of drug-likeness (QED) is 0.635. The minimum Gasteiger partial charge on any atom is -0.379 e. The zero-order valence-electron chi connectivity index (χ0n) is 14.9. The molecule has 1 fully saturated rings. The minimum absolute atomic E-state index is 0. The van der Waals surface area contributed by atoms with Crippen molar-refractivity contribution in [3.05, 3.63) is 42.1 Å². The van der Waals surface area contributed by atoms with Crippen LogP contribution in [-0.2, 0) is 21.3 Å². The first-order valence-electron chi connectivity index (χ1n) is 8.48. The number of nitrogens with zero attached hydrogens (tertiary/aromatic N) is 3. The molecule has 3 aromatic rings. The van der Waals surface area contributed by atoms with E-state index in [0.29, 0.717) is 44.4 Å². The summed E-state index contributed by atoms with van der Waals surface area (Å²) in [5.41, 5.74) is 7.83. The van der Waals surface area contributed by atoms with E-state index in [1.807, 2.05) is 24.3 Å². The smallest absolute Gasteiger partial charge is 0.274 e. The number of H-pyrrole nitrogens is 1. The standard InChI is InChI=1S/C17H19N5O4S.ClH/c18-10-12-1-3-13(4-2-12)16-20-17(26-21-16)15-9-14(11-19-15)27(23,24)22-5-7-25-8-6-22;/h1-4,9,11,19H,5-8,10,18H2;1H. The first-order valence-corrected chi connectivity index (χ1v) is 9.92. The molecule has 3 N–H and O–H groups in total. The number of aromatic amines is 1. The van der Waals surface area contributed by atoms with E-state index in [9.17, 15) is 8.42 Å². The normalized spacial score (nSPS) is 15.3. The van der Waals surface area contributed by atoms with Crippen LogP contribution >= 0.6 is 12.4 Å². The van der Waals surface area contributed by atoms with Crippen LogP contribution in [-0.4, -0.2) is 54.2 Å². The van der Waals surface area contributed by atoms with Crippen molar-refractivity contribution in [1.82, 2.24) is 19.4 Å². The summed E-state index contributed by atoms with van der Waals surface area (Å²) < 4.78 is 37.3. The van der Waals surface area contributed by atoms with Crippen molar-refractivity contribution in [3.63, 3.8) is 0 Å². The Morgan fingerprint density at radius 2 is 1.89 bits per heavy atom. The Kier molecular flexibility index (Phi) is 6.16.